The first-order valence-electron chi connectivity index (χ1n) is 8.91. The average Bonchev–Trinajstić information content (AvgIpc) is 2.37. The molecule has 0 unspecified atom stereocenters. The standard InChI is InChI=1S/C17H31N3/c1-18-9-3-15(4-10-18)20-11-5-17(6-12-20)13-16(14-17)19-7-2-8-19/h15-16H,2-14H2,1H3. The van der Waals surface area contributed by atoms with Gasteiger partial charge in [-0.2, -0.15) is 0 Å². The van der Waals surface area contributed by atoms with Crippen LogP contribution in [0.1, 0.15) is 44.9 Å². The molecule has 0 atom stereocenters. The topological polar surface area (TPSA) is 9.72 Å². The predicted molar refractivity (Wildman–Crippen MR) is 83.0 cm³/mol. The fourth-order valence-electron chi connectivity index (χ4n) is 5.04. The van der Waals surface area contributed by atoms with Crippen molar-refractivity contribution in [3.8, 4) is 0 Å². The van der Waals surface area contributed by atoms with E-state index < -0.39 is 0 Å². The van der Waals surface area contributed by atoms with Gasteiger partial charge in [-0.1, -0.05) is 0 Å². The van der Waals surface area contributed by atoms with Gasteiger partial charge in [0.2, 0.25) is 0 Å². The van der Waals surface area contributed by atoms with E-state index in [4.69, 9.17) is 0 Å². The maximum Gasteiger partial charge on any atom is 0.0120 e. The van der Waals surface area contributed by atoms with E-state index in [1.807, 2.05) is 0 Å². The molecule has 3 saturated heterocycles. The molecule has 1 saturated carbocycles. The van der Waals surface area contributed by atoms with Crippen LogP contribution in [-0.4, -0.2) is 73.1 Å². The zero-order chi connectivity index (χ0) is 13.6. The third-order valence-corrected chi connectivity index (χ3v) is 6.81. The quantitative estimate of drug-likeness (QED) is 0.765. The maximum absolute atomic E-state index is 2.83. The van der Waals surface area contributed by atoms with Crippen molar-refractivity contribution in [2.75, 3.05) is 46.3 Å². The van der Waals surface area contributed by atoms with Gasteiger partial charge in [-0.25, -0.2) is 0 Å². The summed E-state index contributed by atoms with van der Waals surface area (Å²) < 4.78 is 0. The fourth-order valence-corrected chi connectivity index (χ4v) is 5.04. The molecule has 114 valence electrons. The van der Waals surface area contributed by atoms with Crippen molar-refractivity contribution in [3.63, 3.8) is 0 Å². The Bertz CT molecular complexity index is 328. The van der Waals surface area contributed by atoms with Crippen molar-refractivity contribution in [1.82, 2.24) is 14.7 Å². The molecule has 0 bridgehead atoms. The smallest absolute Gasteiger partial charge is 0.0120 e. The summed E-state index contributed by atoms with van der Waals surface area (Å²) in [6, 6.07) is 1.87. The summed E-state index contributed by atoms with van der Waals surface area (Å²) in [5, 5.41) is 0. The van der Waals surface area contributed by atoms with Crippen molar-refractivity contribution in [3.05, 3.63) is 0 Å². The van der Waals surface area contributed by atoms with E-state index in [1.54, 1.807) is 0 Å². The molecule has 3 heteroatoms. The van der Waals surface area contributed by atoms with Crippen LogP contribution in [0.3, 0.4) is 0 Å². The van der Waals surface area contributed by atoms with E-state index in [-0.39, 0.29) is 0 Å². The number of hydrogen-bond acceptors (Lipinski definition) is 3. The zero-order valence-corrected chi connectivity index (χ0v) is 13.2. The summed E-state index contributed by atoms with van der Waals surface area (Å²) in [4.78, 5) is 8.05. The van der Waals surface area contributed by atoms with E-state index in [1.165, 1.54) is 84.2 Å². The third kappa shape index (κ3) is 2.42. The van der Waals surface area contributed by atoms with Crippen LogP contribution in [-0.2, 0) is 0 Å². The van der Waals surface area contributed by atoms with E-state index in [0.717, 1.165) is 17.5 Å². The van der Waals surface area contributed by atoms with Crippen LogP contribution in [0.15, 0.2) is 0 Å². The van der Waals surface area contributed by atoms with E-state index in [9.17, 15) is 0 Å². The molecule has 0 aromatic rings. The molecule has 3 heterocycles. The van der Waals surface area contributed by atoms with E-state index in [2.05, 4.69) is 21.7 Å². The van der Waals surface area contributed by atoms with Crippen LogP contribution in [0.5, 0.6) is 0 Å². The Morgan fingerprint density at radius 3 is 1.90 bits per heavy atom. The van der Waals surface area contributed by atoms with Crippen LogP contribution >= 0.6 is 0 Å². The Kier molecular flexibility index (Phi) is 3.56. The van der Waals surface area contributed by atoms with Crippen LogP contribution in [0, 0.1) is 5.41 Å². The second-order valence-corrected chi connectivity index (χ2v) is 8.02. The van der Waals surface area contributed by atoms with Gasteiger partial charge >= 0.3 is 0 Å². The molecule has 0 aromatic heterocycles. The molecule has 1 aliphatic carbocycles. The molecule has 4 fully saturated rings. The van der Waals surface area contributed by atoms with Gasteiger partial charge in [0.15, 0.2) is 0 Å². The number of piperidine rings is 2. The van der Waals surface area contributed by atoms with Gasteiger partial charge in [0.1, 0.15) is 0 Å². The lowest BCUT2D eigenvalue weighted by Gasteiger charge is -2.58. The summed E-state index contributed by atoms with van der Waals surface area (Å²) in [7, 11) is 2.27. The monoisotopic (exact) mass is 277 g/mol. The SMILES string of the molecule is CN1CCC(N2CCC3(CC2)CC(N2CCC2)C3)CC1. The van der Waals surface area contributed by atoms with Crippen LogP contribution in [0.2, 0.25) is 0 Å². The number of nitrogens with zero attached hydrogens (tertiary/aromatic N) is 3. The van der Waals surface area contributed by atoms with Crippen molar-refractivity contribution < 1.29 is 0 Å². The molecule has 4 rings (SSSR count). The molecular weight excluding hydrogens is 246 g/mol. The lowest BCUT2D eigenvalue weighted by Crippen LogP contribution is -2.59. The second-order valence-electron chi connectivity index (χ2n) is 8.02. The lowest BCUT2D eigenvalue weighted by atomic mass is 9.59. The molecule has 0 N–H and O–H groups in total. The van der Waals surface area contributed by atoms with Crippen LogP contribution in [0.25, 0.3) is 0 Å². The highest BCUT2D eigenvalue weighted by Crippen LogP contribution is 2.51. The number of hydrogen-bond donors (Lipinski definition) is 0. The fraction of sp³-hybridized carbons (Fsp3) is 1.00. The highest BCUT2D eigenvalue weighted by Gasteiger charge is 2.48. The second kappa shape index (κ2) is 5.26. The Morgan fingerprint density at radius 2 is 1.35 bits per heavy atom. The molecule has 1 spiro atoms. The number of rotatable bonds is 2. The van der Waals surface area contributed by atoms with Gasteiger partial charge in [0, 0.05) is 12.1 Å². The van der Waals surface area contributed by atoms with Crippen molar-refractivity contribution in [1.29, 1.82) is 0 Å². The average molecular weight is 277 g/mol. The Hall–Kier alpha value is -0.120. The Balaban J connectivity index is 1.24. The lowest BCUT2D eigenvalue weighted by molar-refractivity contribution is -0.0699. The minimum Gasteiger partial charge on any atom is -0.306 e. The first kappa shape index (κ1) is 13.5. The molecule has 3 nitrogen and oxygen atoms in total. The summed E-state index contributed by atoms with van der Waals surface area (Å²) in [5.41, 5.74) is 0.766. The minimum atomic E-state index is 0.766. The van der Waals surface area contributed by atoms with Gasteiger partial charge in [-0.05, 0) is 96.7 Å². The molecule has 3 aliphatic heterocycles. The maximum atomic E-state index is 2.83. The van der Waals surface area contributed by atoms with Crippen molar-refractivity contribution >= 4 is 0 Å². The zero-order valence-electron chi connectivity index (χ0n) is 13.2. The number of likely N-dealkylation sites (tertiary alicyclic amines) is 3. The summed E-state index contributed by atoms with van der Waals surface area (Å²) in [5.74, 6) is 0. The highest BCUT2D eigenvalue weighted by molar-refractivity contribution is 5.03. The Labute approximate surface area is 124 Å². The minimum absolute atomic E-state index is 0.766. The molecule has 4 aliphatic rings. The van der Waals surface area contributed by atoms with Gasteiger partial charge in [-0.15, -0.1) is 0 Å². The molecule has 0 radical (unpaired) electrons. The molecular formula is C17H31N3. The first-order chi connectivity index (χ1) is 9.74. The molecule has 20 heavy (non-hydrogen) atoms. The van der Waals surface area contributed by atoms with Crippen molar-refractivity contribution in [2.45, 2.75) is 57.0 Å². The summed E-state index contributed by atoms with van der Waals surface area (Å²) in [6.07, 6.45) is 10.3. The van der Waals surface area contributed by atoms with Crippen molar-refractivity contribution in [2.24, 2.45) is 5.41 Å². The molecule has 0 amide bonds. The Morgan fingerprint density at radius 1 is 0.750 bits per heavy atom. The van der Waals surface area contributed by atoms with Gasteiger partial charge < -0.3 is 14.7 Å². The van der Waals surface area contributed by atoms with Crippen LogP contribution < -0.4 is 0 Å². The van der Waals surface area contributed by atoms with Gasteiger partial charge in [-0.3, -0.25) is 0 Å². The summed E-state index contributed by atoms with van der Waals surface area (Å²) >= 11 is 0. The first-order valence-corrected chi connectivity index (χ1v) is 8.91. The van der Waals surface area contributed by atoms with Gasteiger partial charge in [0.05, 0.1) is 0 Å². The largest absolute Gasteiger partial charge is 0.306 e. The van der Waals surface area contributed by atoms with Gasteiger partial charge in [0.25, 0.3) is 0 Å². The predicted octanol–water partition coefficient (Wildman–Crippen LogP) is 2.03. The van der Waals surface area contributed by atoms with E-state index >= 15 is 0 Å². The normalized spacial score (nSPS) is 34.0. The van der Waals surface area contributed by atoms with E-state index in [0.29, 0.717) is 0 Å². The van der Waals surface area contributed by atoms with Crippen LogP contribution in [0.4, 0.5) is 0 Å². The highest BCUT2D eigenvalue weighted by atomic mass is 15.2. The third-order valence-electron chi connectivity index (χ3n) is 6.81. The summed E-state index contributed by atoms with van der Waals surface area (Å²) in [6.45, 7) is 8.18. The molecule has 0 aromatic carbocycles.